The molecule has 10 heteroatoms. The van der Waals surface area contributed by atoms with E-state index in [4.69, 9.17) is 22.4 Å². The van der Waals surface area contributed by atoms with Gasteiger partial charge in [0.15, 0.2) is 0 Å². The highest BCUT2D eigenvalue weighted by molar-refractivity contribution is 6.30. The molecule has 1 atom stereocenters. The van der Waals surface area contributed by atoms with Crippen LogP contribution in [0.3, 0.4) is 0 Å². The molecule has 188 valence electrons. The molecule has 9 nitrogen and oxygen atoms in total. The van der Waals surface area contributed by atoms with E-state index in [0.29, 0.717) is 28.6 Å². The van der Waals surface area contributed by atoms with E-state index >= 15 is 0 Å². The molecule has 4 N–H and O–H groups in total. The van der Waals surface area contributed by atoms with Crippen LogP contribution in [0.2, 0.25) is 5.02 Å². The maximum atomic E-state index is 12.2. The molecule has 1 aliphatic carbocycles. The highest BCUT2D eigenvalue weighted by Crippen LogP contribution is 2.55. The van der Waals surface area contributed by atoms with Crippen molar-refractivity contribution in [1.82, 2.24) is 24.5 Å². The van der Waals surface area contributed by atoms with Gasteiger partial charge in [0.1, 0.15) is 17.7 Å². The molecule has 2 aliphatic rings. The molecule has 2 aromatic heterocycles. The Bertz CT molecular complexity index is 1340. The first-order valence-corrected chi connectivity index (χ1v) is 12.4. The number of aromatic nitrogens is 4. The molecular formula is C26H30ClN7O2. The quantitative estimate of drug-likeness (QED) is 0.349. The number of aliphatic hydroxyl groups is 1. The van der Waals surface area contributed by atoms with Gasteiger partial charge in [-0.2, -0.15) is 10.2 Å². The SMILES string of the molecule is CC#CC(=O)N1CCC2(CC(n3nc(-c4cnn(Cc5cccc(Cl)c5)c4)c(C(N)O)c3NC)C2)C1. The summed E-state index contributed by atoms with van der Waals surface area (Å²) in [6.07, 6.45) is 5.21. The van der Waals surface area contributed by atoms with Crippen molar-refractivity contribution < 1.29 is 9.90 Å². The van der Waals surface area contributed by atoms with Crippen LogP contribution in [0, 0.1) is 17.3 Å². The predicted octanol–water partition coefficient (Wildman–Crippen LogP) is 3.02. The Labute approximate surface area is 215 Å². The van der Waals surface area contributed by atoms with Gasteiger partial charge < -0.3 is 21.1 Å². The Kier molecular flexibility index (Phi) is 6.51. The molecule has 2 fully saturated rings. The summed E-state index contributed by atoms with van der Waals surface area (Å²) in [7, 11) is 1.81. The van der Waals surface area contributed by atoms with Crippen molar-refractivity contribution >= 4 is 23.3 Å². The van der Waals surface area contributed by atoms with Crippen molar-refractivity contribution in [3.8, 4) is 23.1 Å². The van der Waals surface area contributed by atoms with Crippen molar-refractivity contribution in [3.05, 3.63) is 52.8 Å². The summed E-state index contributed by atoms with van der Waals surface area (Å²) >= 11 is 6.12. The fraction of sp³-hybridized carbons (Fsp3) is 0.423. The maximum absolute atomic E-state index is 12.2. The van der Waals surface area contributed by atoms with E-state index in [1.54, 1.807) is 20.2 Å². The summed E-state index contributed by atoms with van der Waals surface area (Å²) in [5, 5.41) is 23.7. The average Bonchev–Trinajstić information content (AvgIpc) is 3.54. The molecule has 1 amide bonds. The third kappa shape index (κ3) is 4.48. The number of hydrogen-bond acceptors (Lipinski definition) is 6. The molecule has 1 aliphatic heterocycles. The number of benzene rings is 1. The minimum atomic E-state index is -1.20. The zero-order valence-corrected chi connectivity index (χ0v) is 21.2. The van der Waals surface area contributed by atoms with Crippen molar-refractivity contribution in [2.75, 3.05) is 25.5 Å². The first-order chi connectivity index (χ1) is 17.3. The lowest BCUT2D eigenvalue weighted by molar-refractivity contribution is -0.125. The van der Waals surface area contributed by atoms with Crippen LogP contribution in [0.15, 0.2) is 36.7 Å². The lowest BCUT2D eigenvalue weighted by atomic mass is 9.65. The highest BCUT2D eigenvalue weighted by Gasteiger charge is 2.51. The molecule has 1 unspecified atom stereocenters. The number of nitrogens with one attached hydrogen (secondary N) is 1. The van der Waals surface area contributed by atoms with E-state index in [9.17, 15) is 9.90 Å². The smallest absolute Gasteiger partial charge is 0.298 e. The second-order valence-electron chi connectivity index (χ2n) is 9.72. The average molecular weight is 508 g/mol. The number of nitrogens with two attached hydrogens (primary N) is 1. The molecule has 1 spiro atoms. The number of amides is 1. The van der Waals surface area contributed by atoms with Gasteiger partial charge in [0, 0.05) is 36.9 Å². The van der Waals surface area contributed by atoms with Crippen LogP contribution < -0.4 is 11.1 Å². The summed E-state index contributed by atoms with van der Waals surface area (Å²) in [6, 6.07) is 7.80. The molecule has 5 rings (SSSR count). The van der Waals surface area contributed by atoms with E-state index in [1.165, 1.54) is 0 Å². The van der Waals surface area contributed by atoms with Gasteiger partial charge in [-0.1, -0.05) is 29.7 Å². The second kappa shape index (κ2) is 9.62. The topological polar surface area (TPSA) is 114 Å². The first kappa shape index (κ1) is 24.4. The number of nitrogens with zero attached hydrogens (tertiary/aromatic N) is 5. The molecule has 36 heavy (non-hydrogen) atoms. The monoisotopic (exact) mass is 507 g/mol. The largest absolute Gasteiger partial charge is 0.374 e. The Hall–Kier alpha value is -3.32. The standard InChI is InChI=1S/C26H30ClN7O2/c1-3-5-21(35)32-9-8-26(16-32)11-20(12-26)34-25(29-2)22(24(28)36)23(31-34)18-13-30-33(15-18)14-17-6-4-7-19(27)10-17/h4,6-7,10,13,15,20,24,29,36H,8-9,11-12,14,16,28H2,1-2H3. The lowest BCUT2D eigenvalue weighted by Gasteiger charge is -2.45. The minimum absolute atomic E-state index is 0.0935. The third-order valence-corrected chi connectivity index (χ3v) is 7.50. The van der Waals surface area contributed by atoms with E-state index in [0.717, 1.165) is 43.5 Å². The molecule has 3 heterocycles. The van der Waals surface area contributed by atoms with E-state index < -0.39 is 6.23 Å². The van der Waals surface area contributed by atoms with Crippen molar-refractivity contribution in [2.24, 2.45) is 11.1 Å². The van der Waals surface area contributed by atoms with Crippen LogP contribution in [-0.2, 0) is 11.3 Å². The Morgan fingerprint density at radius 2 is 2.22 bits per heavy atom. The van der Waals surface area contributed by atoms with Crippen LogP contribution in [0.25, 0.3) is 11.3 Å². The van der Waals surface area contributed by atoms with E-state index in [-0.39, 0.29) is 17.4 Å². The van der Waals surface area contributed by atoms with Crippen molar-refractivity contribution in [3.63, 3.8) is 0 Å². The zero-order valence-electron chi connectivity index (χ0n) is 20.4. The molecule has 1 saturated heterocycles. The number of hydrogen-bond donors (Lipinski definition) is 3. The number of aliphatic hydroxyl groups excluding tert-OH is 1. The van der Waals surface area contributed by atoms with Crippen LogP contribution in [0.5, 0.6) is 0 Å². The van der Waals surface area contributed by atoms with Gasteiger partial charge in [0.05, 0.1) is 24.3 Å². The Morgan fingerprint density at radius 3 is 2.92 bits per heavy atom. The number of likely N-dealkylation sites (tertiary alicyclic amines) is 1. The Morgan fingerprint density at radius 1 is 1.42 bits per heavy atom. The van der Waals surface area contributed by atoms with Crippen LogP contribution in [0.4, 0.5) is 5.82 Å². The second-order valence-corrected chi connectivity index (χ2v) is 10.2. The summed E-state index contributed by atoms with van der Waals surface area (Å²) in [4.78, 5) is 14.1. The summed E-state index contributed by atoms with van der Waals surface area (Å²) in [6.45, 7) is 3.70. The van der Waals surface area contributed by atoms with Crippen molar-refractivity contribution in [1.29, 1.82) is 0 Å². The Balaban J connectivity index is 1.38. The number of carbonyl (C=O) groups is 1. The fourth-order valence-electron chi connectivity index (χ4n) is 5.59. The summed E-state index contributed by atoms with van der Waals surface area (Å²) < 4.78 is 3.75. The van der Waals surface area contributed by atoms with Crippen LogP contribution in [-0.4, -0.2) is 55.6 Å². The first-order valence-electron chi connectivity index (χ1n) is 12.1. The van der Waals surface area contributed by atoms with Gasteiger partial charge in [-0.15, -0.1) is 0 Å². The third-order valence-electron chi connectivity index (χ3n) is 7.26. The van der Waals surface area contributed by atoms with Gasteiger partial charge in [-0.3, -0.25) is 9.48 Å². The molecule has 1 aromatic carbocycles. The number of anilines is 1. The highest BCUT2D eigenvalue weighted by atomic mass is 35.5. The van der Waals surface area contributed by atoms with Gasteiger partial charge in [-0.05, 0) is 55.2 Å². The van der Waals surface area contributed by atoms with Gasteiger partial charge >= 0.3 is 0 Å². The molecular weight excluding hydrogens is 478 g/mol. The minimum Gasteiger partial charge on any atom is -0.374 e. The number of rotatable bonds is 6. The van der Waals surface area contributed by atoms with Crippen LogP contribution in [0.1, 0.15) is 49.6 Å². The number of carbonyl (C=O) groups excluding carboxylic acids is 1. The molecule has 3 aromatic rings. The normalized spacial score (nSPS) is 21.7. The van der Waals surface area contributed by atoms with Gasteiger partial charge in [0.2, 0.25) is 0 Å². The van der Waals surface area contributed by atoms with Crippen LogP contribution >= 0.6 is 11.6 Å². The molecule has 0 bridgehead atoms. The lowest BCUT2D eigenvalue weighted by Crippen LogP contribution is -2.42. The van der Waals surface area contributed by atoms with Gasteiger partial charge in [-0.25, -0.2) is 4.68 Å². The van der Waals surface area contributed by atoms with E-state index in [2.05, 4.69) is 22.3 Å². The molecule has 0 radical (unpaired) electrons. The fourth-order valence-corrected chi connectivity index (χ4v) is 5.80. The van der Waals surface area contributed by atoms with E-state index in [1.807, 2.05) is 44.7 Å². The van der Waals surface area contributed by atoms with Gasteiger partial charge in [0.25, 0.3) is 5.91 Å². The molecule has 1 saturated carbocycles. The summed E-state index contributed by atoms with van der Waals surface area (Å²) in [5.41, 5.74) is 9.06. The summed E-state index contributed by atoms with van der Waals surface area (Å²) in [5.74, 6) is 5.95. The predicted molar refractivity (Wildman–Crippen MR) is 138 cm³/mol. The van der Waals surface area contributed by atoms with Crippen molar-refractivity contribution in [2.45, 2.75) is 45.0 Å². The zero-order chi connectivity index (χ0) is 25.4. The maximum Gasteiger partial charge on any atom is 0.298 e. The number of halogens is 1.